The molecule has 1 aliphatic heterocycles. The van der Waals surface area contributed by atoms with Gasteiger partial charge >= 0.3 is 0 Å². The monoisotopic (exact) mass is 255 g/mol. The molecule has 1 unspecified atom stereocenters. The summed E-state index contributed by atoms with van der Waals surface area (Å²) in [5, 5.41) is 9.60. The fourth-order valence-electron chi connectivity index (χ4n) is 2.35. The van der Waals surface area contributed by atoms with E-state index in [9.17, 15) is 18.7 Å². The second-order valence-electron chi connectivity index (χ2n) is 5.22. The Kier molecular flexibility index (Phi) is 3.11. The molecule has 1 N–H and O–H groups in total. The van der Waals surface area contributed by atoms with E-state index in [2.05, 4.69) is 0 Å². The number of carbonyl (C=O) groups excluding carboxylic acids is 1. The number of rotatable bonds is 1. The van der Waals surface area contributed by atoms with Gasteiger partial charge in [-0.25, -0.2) is 8.78 Å². The molecule has 1 aromatic rings. The Morgan fingerprint density at radius 3 is 2.56 bits per heavy atom. The Morgan fingerprint density at radius 2 is 2.06 bits per heavy atom. The van der Waals surface area contributed by atoms with Crippen molar-refractivity contribution in [1.82, 2.24) is 4.90 Å². The van der Waals surface area contributed by atoms with Crippen LogP contribution in [0.2, 0.25) is 0 Å². The van der Waals surface area contributed by atoms with Crippen molar-refractivity contribution in [3.05, 3.63) is 35.4 Å². The standard InChI is InChI=1S/C13H15F2NO2/c1-13(2)6-9(17)7-16(13)12(18)8-3-4-10(14)11(15)5-8/h3-5,9,17H,6-7H2,1-2H3. The quantitative estimate of drug-likeness (QED) is 0.833. The van der Waals surface area contributed by atoms with Crippen molar-refractivity contribution in [3.63, 3.8) is 0 Å². The summed E-state index contributed by atoms with van der Waals surface area (Å²) in [5.74, 6) is -2.42. The largest absolute Gasteiger partial charge is 0.391 e. The lowest BCUT2D eigenvalue weighted by atomic mass is 10.0. The first-order chi connectivity index (χ1) is 8.31. The molecule has 1 saturated heterocycles. The Labute approximate surface area is 104 Å². The van der Waals surface area contributed by atoms with E-state index < -0.39 is 29.2 Å². The van der Waals surface area contributed by atoms with Gasteiger partial charge in [0.2, 0.25) is 0 Å². The lowest BCUT2D eigenvalue weighted by molar-refractivity contribution is 0.0640. The fraction of sp³-hybridized carbons (Fsp3) is 0.462. The average molecular weight is 255 g/mol. The number of hydrogen-bond acceptors (Lipinski definition) is 2. The second-order valence-corrected chi connectivity index (χ2v) is 5.22. The van der Waals surface area contributed by atoms with Gasteiger partial charge in [-0.2, -0.15) is 0 Å². The lowest BCUT2D eigenvalue weighted by Gasteiger charge is -2.31. The maximum absolute atomic E-state index is 13.1. The highest BCUT2D eigenvalue weighted by atomic mass is 19.2. The highest BCUT2D eigenvalue weighted by Gasteiger charge is 2.40. The smallest absolute Gasteiger partial charge is 0.254 e. The SMILES string of the molecule is CC1(C)CC(O)CN1C(=O)c1ccc(F)c(F)c1. The number of β-amino-alcohol motifs (C(OH)–C–C–N with tert-alkyl or cyclic N) is 1. The van der Waals surface area contributed by atoms with Gasteiger partial charge < -0.3 is 10.0 Å². The van der Waals surface area contributed by atoms with Crippen LogP contribution in [-0.2, 0) is 0 Å². The summed E-state index contributed by atoms with van der Waals surface area (Å²) in [7, 11) is 0. The fourth-order valence-corrected chi connectivity index (χ4v) is 2.35. The van der Waals surface area contributed by atoms with Gasteiger partial charge in [0.1, 0.15) is 0 Å². The number of hydrogen-bond donors (Lipinski definition) is 1. The molecule has 0 saturated carbocycles. The predicted octanol–water partition coefficient (Wildman–Crippen LogP) is 1.95. The molecule has 1 fully saturated rings. The minimum Gasteiger partial charge on any atom is -0.391 e. The third-order valence-electron chi connectivity index (χ3n) is 3.27. The van der Waals surface area contributed by atoms with E-state index in [-0.39, 0.29) is 12.1 Å². The molecule has 3 nitrogen and oxygen atoms in total. The Bertz CT molecular complexity index is 488. The summed E-state index contributed by atoms with van der Waals surface area (Å²) < 4.78 is 25.9. The van der Waals surface area contributed by atoms with Gasteiger partial charge in [0, 0.05) is 17.6 Å². The topological polar surface area (TPSA) is 40.5 Å². The van der Waals surface area contributed by atoms with Gasteiger partial charge in [0.25, 0.3) is 5.91 Å². The first-order valence-corrected chi connectivity index (χ1v) is 5.76. The molecule has 2 rings (SSSR count). The van der Waals surface area contributed by atoms with Gasteiger partial charge in [-0.05, 0) is 38.5 Å². The van der Waals surface area contributed by atoms with E-state index in [1.165, 1.54) is 11.0 Å². The van der Waals surface area contributed by atoms with Crippen LogP contribution in [0.15, 0.2) is 18.2 Å². The van der Waals surface area contributed by atoms with Gasteiger partial charge in [-0.3, -0.25) is 4.79 Å². The van der Waals surface area contributed by atoms with Crippen molar-refractivity contribution in [2.24, 2.45) is 0 Å². The van der Waals surface area contributed by atoms with Gasteiger partial charge in [0.05, 0.1) is 6.10 Å². The van der Waals surface area contributed by atoms with E-state index in [4.69, 9.17) is 0 Å². The zero-order valence-electron chi connectivity index (χ0n) is 10.3. The Hall–Kier alpha value is -1.49. The van der Waals surface area contributed by atoms with Crippen molar-refractivity contribution in [1.29, 1.82) is 0 Å². The molecule has 1 atom stereocenters. The number of benzene rings is 1. The Balaban J connectivity index is 2.29. The van der Waals surface area contributed by atoms with E-state index >= 15 is 0 Å². The van der Waals surface area contributed by atoms with Crippen LogP contribution in [0, 0.1) is 11.6 Å². The van der Waals surface area contributed by atoms with E-state index in [0.29, 0.717) is 6.42 Å². The summed E-state index contributed by atoms with van der Waals surface area (Å²) in [6, 6.07) is 3.07. The van der Waals surface area contributed by atoms with Crippen LogP contribution >= 0.6 is 0 Å². The Morgan fingerprint density at radius 1 is 1.39 bits per heavy atom. The van der Waals surface area contributed by atoms with Crippen LogP contribution in [0.3, 0.4) is 0 Å². The van der Waals surface area contributed by atoms with Crippen LogP contribution in [0.1, 0.15) is 30.6 Å². The molecule has 0 bridgehead atoms. The minimum absolute atomic E-state index is 0.0936. The maximum atomic E-state index is 13.1. The molecule has 0 spiro atoms. The zero-order chi connectivity index (χ0) is 13.5. The molecular formula is C13H15F2NO2. The van der Waals surface area contributed by atoms with Crippen molar-refractivity contribution in [2.45, 2.75) is 31.9 Å². The third kappa shape index (κ3) is 2.22. The van der Waals surface area contributed by atoms with Crippen LogP contribution in [0.25, 0.3) is 0 Å². The number of amides is 1. The predicted molar refractivity (Wildman–Crippen MR) is 62.1 cm³/mol. The van der Waals surface area contributed by atoms with Crippen molar-refractivity contribution >= 4 is 5.91 Å². The molecule has 0 aliphatic carbocycles. The van der Waals surface area contributed by atoms with Crippen LogP contribution < -0.4 is 0 Å². The van der Waals surface area contributed by atoms with Crippen molar-refractivity contribution < 1.29 is 18.7 Å². The molecule has 1 amide bonds. The third-order valence-corrected chi connectivity index (χ3v) is 3.27. The second kappa shape index (κ2) is 4.31. The molecule has 1 heterocycles. The van der Waals surface area contributed by atoms with E-state index in [0.717, 1.165) is 12.1 Å². The van der Waals surface area contributed by atoms with Gasteiger partial charge in [-0.15, -0.1) is 0 Å². The molecule has 0 aromatic heterocycles. The maximum Gasteiger partial charge on any atom is 0.254 e. The highest BCUT2D eigenvalue weighted by Crippen LogP contribution is 2.30. The first kappa shape index (κ1) is 13.0. The van der Waals surface area contributed by atoms with Crippen LogP contribution in [-0.4, -0.2) is 34.1 Å². The van der Waals surface area contributed by atoms with E-state index in [1.807, 2.05) is 13.8 Å². The van der Waals surface area contributed by atoms with Gasteiger partial charge in [-0.1, -0.05) is 0 Å². The zero-order valence-corrected chi connectivity index (χ0v) is 10.3. The van der Waals surface area contributed by atoms with Crippen LogP contribution in [0.5, 0.6) is 0 Å². The van der Waals surface area contributed by atoms with Crippen molar-refractivity contribution in [3.8, 4) is 0 Å². The summed E-state index contributed by atoms with van der Waals surface area (Å²) in [6.45, 7) is 3.88. The number of likely N-dealkylation sites (tertiary alicyclic amines) is 1. The van der Waals surface area contributed by atoms with E-state index in [1.54, 1.807) is 0 Å². The minimum atomic E-state index is -1.04. The lowest BCUT2D eigenvalue weighted by Crippen LogP contribution is -2.42. The molecular weight excluding hydrogens is 240 g/mol. The molecule has 98 valence electrons. The average Bonchev–Trinajstić information content (AvgIpc) is 2.55. The summed E-state index contributed by atoms with van der Waals surface area (Å²) >= 11 is 0. The molecule has 1 aliphatic rings. The molecule has 1 aromatic carbocycles. The van der Waals surface area contributed by atoms with Crippen LogP contribution in [0.4, 0.5) is 8.78 Å². The first-order valence-electron chi connectivity index (χ1n) is 5.76. The van der Waals surface area contributed by atoms with Crippen molar-refractivity contribution in [2.75, 3.05) is 6.54 Å². The number of carbonyl (C=O) groups is 1. The number of aliphatic hydroxyl groups excluding tert-OH is 1. The highest BCUT2D eigenvalue weighted by molar-refractivity contribution is 5.95. The molecule has 18 heavy (non-hydrogen) atoms. The number of halogens is 2. The normalized spacial score (nSPS) is 22.3. The number of nitrogens with zero attached hydrogens (tertiary/aromatic N) is 1. The van der Waals surface area contributed by atoms with Gasteiger partial charge in [0.15, 0.2) is 11.6 Å². The summed E-state index contributed by atoms with van der Waals surface area (Å²) in [5.41, 5.74) is -0.391. The number of aliphatic hydroxyl groups is 1. The molecule has 0 radical (unpaired) electrons. The summed E-state index contributed by atoms with van der Waals surface area (Å²) in [6.07, 6.45) is -0.100. The summed E-state index contributed by atoms with van der Waals surface area (Å²) in [4.78, 5) is 13.7. The molecule has 5 heteroatoms.